The van der Waals surface area contributed by atoms with E-state index >= 15 is 0 Å². The first-order valence-electron chi connectivity index (χ1n) is 7.81. The monoisotopic (exact) mass is 273 g/mol. The van der Waals surface area contributed by atoms with E-state index in [4.69, 9.17) is 4.74 Å². The van der Waals surface area contributed by atoms with E-state index < -0.39 is 0 Å². The zero-order valence-electron chi connectivity index (χ0n) is 12.0. The molecule has 2 heterocycles. The average Bonchev–Trinajstić information content (AvgIpc) is 2.53. The van der Waals surface area contributed by atoms with Gasteiger partial charge >= 0.3 is 5.97 Å². The topological polar surface area (TPSA) is 29.5 Å². The molecule has 0 N–H and O–H groups in total. The van der Waals surface area contributed by atoms with Crippen LogP contribution in [-0.4, -0.2) is 36.6 Å². The van der Waals surface area contributed by atoms with Crippen molar-refractivity contribution in [2.75, 3.05) is 19.7 Å². The van der Waals surface area contributed by atoms with Gasteiger partial charge in [-0.15, -0.1) is 0 Å². The fraction of sp³-hybridized carbons (Fsp3) is 0.588. The Balaban J connectivity index is 1.56. The van der Waals surface area contributed by atoms with Gasteiger partial charge in [-0.2, -0.15) is 0 Å². The molecule has 2 atom stereocenters. The van der Waals surface area contributed by atoms with Gasteiger partial charge < -0.3 is 4.74 Å². The second-order valence-corrected chi connectivity index (χ2v) is 5.97. The van der Waals surface area contributed by atoms with Crippen molar-refractivity contribution in [1.82, 2.24) is 4.90 Å². The number of ether oxygens (including phenoxy) is 1. The van der Waals surface area contributed by atoms with Gasteiger partial charge in [-0.05, 0) is 50.9 Å². The number of hydrogen-bond donors (Lipinski definition) is 0. The molecular formula is C17H23NO2. The van der Waals surface area contributed by atoms with Crippen molar-refractivity contribution in [3.05, 3.63) is 35.9 Å². The Labute approximate surface area is 120 Å². The van der Waals surface area contributed by atoms with E-state index in [0.717, 1.165) is 0 Å². The summed E-state index contributed by atoms with van der Waals surface area (Å²) in [6, 6.07) is 9.94. The van der Waals surface area contributed by atoms with Gasteiger partial charge in [0.25, 0.3) is 0 Å². The van der Waals surface area contributed by atoms with E-state index in [9.17, 15) is 4.79 Å². The first kappa shape index (κ1) is 13.6. The number of carbonyl (C=O) groups excluding carboxylic acids is 1. The Morgan fingerprint density at radius 2 is 1.90 bits per heavy atom. The molecule has 0 amide bonds. The summed E-state index contributed by atoms with van der Waals surface area (Å²) in [5, 5.41) is 0. The van der Waals surface area contributed by atoms with Gasteiger partial charge in [-0.25, -0.2) is 4.79 Å². The number of benzene rings is 1. The van der Waals surface area contributed by atoms with Crippen molar-refractivity contribution in [3.8, 4) is 0 Å². The van der Waals surface area contributed by atoms with Crippen LogP contribution in [0.25, 0.3) is 0 Å². The van der Waals surface area contributed by atoms with Gasteiger partial charge in [-0.3, -0.25) is 4.90 Å². The Morgan fingerprint density at radius 1 is 1.10 bits per heavy atom. The van der Waals surface area contributed by atoms with Crippen LogP contribution >= 0.6 is 0 Å². The first-order valence-corrected chi connectivity index (χ1v) is 7.81. The molecule has 3 heteroatoms. The van der Waals surface area contributed by atoms with Crippen LogP contribution in [0.2, 0.25) is 0 Å². The van der Waals surface area contributed by atoms with Gasteiger partial charge in [0.1, 0.15) is 0 Å². The fourth-order valence-electron chi connectivity index (χ4n) is 3.61. The highest BCUT2D eigenvalue weighted by molar-refractivity contribution is 5.89. The van der Waals surface area contributed by atoms with Crippen LogP contribution in [-0.2, 0) is 4.74 Å². The summed E-state index contributed by atoms with van der Waals surface area (Å²) in [6.45, 7) is 3.04. The molecule has 0 radical (unpaired) electrons. The van der Waals surface area contributed by atoms with Crippen LogP contribution in [0.15, 0.2) is 30.3 Å². The van der Waals surface area contributed by atoms with E-state index in [1.165, 1.54) is 45.2 Å². The molecule has 0 aromatic heterocycles. The van der Waals surface area contributed by atoms with Crippen LogP contribution in [0.3, 0.4) is 0 Å². The van der Waals surface area contributed by atoms with Gasteiger partial charge in [0.15, 0.2) is 0 Å². The van der Waals surface area contributed by atoms with Gasteiger partial charge in [0.05, 0.1) is 12.2 Å². The predicted octanol–water partition coefficient (Wildman–Crippen LogP) is 3.11. The highest BCUT2D eigenvalue weighted by Gasteiger charge is 2.33. The molecule has 0 spiro atoms. The minimum absolute atomic E-state index is 0.182. The standard InChI is InChI=1S/C17H23NO2/c19-17(14-7-2-1-3-8-14)20-13-15-9-6-12-18-11-5-4-10-16(15)18/h1-3,7-8,15-16H,4-6,9-13H2/t15-,16-/m1/s1. The van der Waals surface area contributed by atoms with Crippen molar-refractivity contribution in [1.29, 1.82) is 0 Å². The normalized spacial score (nSPS) is 26.8. The summed E-state index contributed by atoms with van der Waals surface area (Å²) < 4.78 is 5.55. The number of esters is 1. The van der Waals surface area contributed by atoms with E-state index in [0.29, 0.717) is 24.1 Å². The Bertz CT molecular complexity index is 444. The third-order valence-corrected chi connectivity index (χ3v) is 4.67. The smallest absolute Gasteiger partial charge is 0.338 e. The fourth-order valence-corrected chi connectivity index (χ4v) is 3.61. The number of hydrogen-bond acceptors (Lipinski definition) is 3. The molecule has 0 bridgehead atoms. The third kappa shape index (κ3) is 3.04. The number of nitrogens with zero attached hydrogens (tertiary/aromatic N) is 1. The molecule has 20 heavy (non-hydrogen) atoms. The molecule has 0 aliphatic carbocycles. The van der Waals surface area contributed by atoms with Crippen LogP contribution in [0.5, 0.6) is 0 Å². The molecule has 2 fully saturated rings. The number of fused-ring (bicyclic) bond motifs is 1. The summed E-state index contributed by atoms with van der Waals surface area (Å²) in [5.41, 5.74) is 0.656. The maximum absolute atomic E-state index is 12.0. The highest BCUT2D eigenvalue weighted by atomic mass is 16.5. The van der Waals surface area contributed by atoms with E-state index in [2.05, 4.69) is 4.90 Å². The van der Waals surface area contributed by atoms with Crippen LogP contribution in [0, 0.1) is 5.92 Å². The molecule has 2 aliphatic rings. The zero-order chi connectivity index (χ0) is 13.8. The lowest BCUT2D eigenvalue weighted by molar-refractivity contribution is 0.00739. The second-order valence-electron chi connectivity index (χ2n) is 5.97. The summed E-state index contributed by atoms with van der Waals surface area (Å²) in [5.74, 6) is 0.343. The molecule has 3 nitrogen and oxygen atoms in total. The van der Waals surface area contributed by atoms with Gasteiger partial charge in [-0.1, -0.05) is 24.6 Å². The average molecular weight is 273 g/mol. The summed E-state index contributed by atoms with van der Waals surface area (Å²) in [4.78, 5) is 14.6. The van der Waals surface area contributed by atoms with Crippen LogP contribution in [0.4, 0.5) is 0 Å². The maximum atomic E-state index is 12.0. The second kappa shape index (κ2) is 6.40. The Kier molecular flexibility index (Phi) is 4.36. The number of carbonyl (C=O) groups is 1. The molecule has 2 saturated heterocycles. The predicted molar refractivity (Wildman–Crippen MR) is 78.7 cm³/mol. The molecule has 0 saturated carbocycles. The van der Waals surface area contributed by atoms with Gasteiger partial charge in [0, 0.05) is 12.0 Å². The van der Waals surface area contributed by atoms with Crippen molar-refractivity contribution in [2.45, 2.75) is 38.1 Å². The minimum Gasteiger partial charge on any atom is -0.462 e. The maximum Gasteiger partial charge on any atom is 0.338 e. The van der Waals surface area contributed by atoms with Crippen molar-refractivity contribution < 1.29 is 9.53 Å². The molecule has 2 aliphatic heterocycles. The summed E-state index contributed by atoms with van der Waals surface area (Å²) in [6.07, 6.45) is 6.36. The lowest BCUT2D eigenvalue weighted by atomic mass is 9.84. The number of rotatable bonds is 3. The Hall–Kier alpha value is -1.35. The van der Waals surface area contributed by atoms with Crippen molar-refractivity contribution in [2.24, 2.45) is 5.92 Å². The minimum atomic E-state index is -0.182. The molecule has 3 rings (SSSR count). The highest BCUT2D eigenvalue weighted by Crippen LogP contribution is 2.31. The molecule has 1 aromatic rings. The van der Waals surface area contributed by atoms with Gasteiger partial charge in [0.2, 0.25) is 0 Å². The molecular weight excluding hydrogens is 250 g/mol. The zero-order valence-corrected chi connectivity index (χ0v) is 12.0. The SMILES string of the molecule is O=C(OC[C@H]1CCCN2CCCC[C@H]12)c1ccccc1. The lowest BCUT2D eigenvalue weighted by Crippen LogP contribution is -2.49. The van der Waals surface area contributed by atoms with E-state index in [1.807, 2.05) is 30.3 Å². The lowest BCUT2D eigenvalue weighted by Gasteiger charge is -2.44. The van der Waals surface area contributed by atoms with Crippen molar-refractivity contribution in [3.63, 3.8) is 0 Å². The summed E-state index contributed by atoms with van der Waals surface area (Å²) in [7, 11) is 0. The number of piperidine rings is 2. The first-order chi connectivity index (χ1) is 9.84. The van der Waals surface area contributed by atoms with Crippen molar-refractivity contribution >= 4 is 5.97 Å². The molecule has 0 unspecified atom stereocenters. The van der Waals surface area contributed by atoms with Crippen LogP contribution in [0.1, 0.15) is 42.5 Å². The quantitative estimate of drug-likeness (QED) is 0.793. The Morgan fingerprint density at radius 3 is 2.75 bits per heavy atom. The summed E-state index contributed by atoms with van der Waals surface area (Å²) >= 11 is 0. The largest absolute Gasteiger partial charge is 0.462 e. The van der Waals surface area contributed by atoms with E-state index in [1.54, 1.807) is 0 Å². The molecule has 1 aromatic carbocycles. The van der Waals surface area contributed by atoms with E-state index in [-0.39, 0.29) is 5.97 Å². The van der Waals surface area contributed by atoms with Crippen LogP contribution < -0.4 is 0 Å². The molecule has 108 valence electrons. The third-order valence-electron chi connectivity index (χ3n) is 4.67.